The van der Waals surface area contributed by atoms with E-state index in [4.69, 9.17) is 0 Å². The van der Waals surface area contributed by atoms with Gasteiger partial charge in [-0.3, -0.25) is 0 Å². The molecule has 0 aliphatic carbocycles. The van der Waals surface area contributed by atoms with E-state index in [0.717, 1.165) is 4.48 Å². The minimum absolute atomic E-state index is 0. The first-order valence-electron chi connectivity index (χ1n) is 2.86. The van der Waals surface area contributed by atoms with Crippen molar-refractivity contribution in [3.8, 4) is 0 Å². The fraction of sp³-hybridized carbons (Fsp3) is 0.857. The molecule has 0 rings (SSSR count). The van der Waals surface area contributed by atoms with Crippen molar-refractivity contribution in [1.29, 1.82) is 0 Å². The predicted octanol–water partition coefficient (Wildman–Crippen LogP) is 1.55. The van der Waals surface area contributed by atoms with Gasteiger partial charge in [-0.1, -0.05) is 6.92 Å². The van der Waals surface area contributed by atoms with E-state index in [1.165, 1.54) is 13.0 Å². The third-order valence-corrected chi connectivity index (χ3v) is 0.894. The monoisotopic (exact) mass is 117 g/mol. The highest BCUT2D eigenvalue weighted by Gasteiger charge is 2.01. The highest BCUT2D eigenvalue weighted by molar-refractivity contribution is 4.20. The van der Waals surface area contributed by atoms with E-state index in [1.54, 1.807) is 0 Å². The SMILES string of the molecule is CCC[N+](C)(C)C.[CH3-]. The zero-order valence-corrected chi connectivity index (χ0v) is 6.86. The normalized spacial score (nSPS) is 10.5. The van der Waals surface area contributed by atoms with Crippen LogP contribution in [0.1, 0.15) is 13.3 Å². The van der Waals surface area contributed by atoms with Gasteiger partial charge in [0, 0.05) is 0 Å². The van der Waals surface area contributed by atoms with E-state index in [1.807, 2.05) is 0 Å². The van der Waals surface area contributed by atoms with Crippen LogP contribution in [-0.4, -0.2) is 32.2 Å². The summed E-state index contributed by atoms with van der Waals surface area (Å²) < 4.78 is 1.09. The molecule has 0 spiro atoms. The van der Waals surface area contributed by atoms with Crippen LogP contribution in [0.4, 0.5) is 0 Å². The largest absolute Gasteiger partial charge is 0.358 e. The Bertz CT molecular complexity index is 42.8. The Morgan fingerprint density at radius 3 is 1.50 bits per heavy atom. The molecule has 0 saturated carbocycles. The molecule has 0 aliphatic rings. The second kappa shape index (κ2) is 3.90. The van der Waals surface area contributed by atoms with E-state index in [-0.39, 0.29) is 7.43 Å². The first-order valence-corrected chi connectivity index (χ1v) is 2.86. The zero-order chi connectivity index (χ0) is 5.91. The summed E-state index contributed by atoms with van der Waals surface area (Å²) in [4.78, 5) is 0. The van der Waals surface area contributed by atoms with Gasteiger partial charge in [0.1, 0.15) is 0 Å². The van der Waals surface area contributed by atoms with Crippen LogP contribution in [0.3, 0.4) is 0 Å². The molecule has 0 atom stereocenters. The summed E-state index contributed by atoms with van der Waals surface area (Å²) in [6.07, 6.45) is 1.28. The van der Waals surface area contributed by atoms with Crippen molar-refractivity contribution < 1.29 is 4.48 Å². The van der Waals surface area contributed by atoms with Gasteiger partial charge in [-0.25, -0.2) is 0 Å². The number of hydrogen-bond acceptors (Lipinski definition) is 0. The van der Waals surface area contributed by atoms with Gasteiger partial charge in [0.2, 0.25) is 0 Å². The van der Waals surface area contributed by atoms with E-state index in [9.17, 15) is 0 Å². The van der Waals surface area contributed by atoms with Gasteiger partial charge in [0.25, 0.3) is 0 Å². The summed E-state index contributed by atoms with van der Waals surface area (Å²) in [5, 5.41) is 0. The minimum atomic E-state index is 0. The van der Waals surface area contributed by atoms with Crippen molar-refractivity contribution in [1.82, 2.24) is 0 Å². The maximum Gasteiger partial charge on any atom is 0.0777 e. The van der Waals surface area contributed by atoms with Gasteiger partial charge in [-0.2, -0.15) is 0 Å². The minimum Gasteiger partial charge on any atom is -0.358 e. The fourth-order valence-electron chi connectivity index (χ4n) is 0.671. The van der Waals surface area contributed by atoms with Gasteiger partial charge >= 0.3 is 0 Å². The summed E-state index contributed by atoms with van der Waals surface area (Å²) in [5.41, 5.74) is 0. The topological polar surface area (TPSA) is 0 Å². The first kappa shape index (κ1) is 10.9. The molecular formula is C7H19N. The van der Waals surface area contributed by atoms with E-state index in [2.05, 4.69) is 28.1 Å². The van der Waals surface area contributed by atoms with Gasteiger partial charge in [0.05, 0.1) is 27.7 Å². The lowest BCUT2D eigenvalue weighted by atomic mass is 10.4. The number of nitrogens with zero attached hydrogens (tertiary/aromatic N) is 1. The van der Waals surface area contributed by atoms with E-state index < -0.39 is 0 Å². The van der Waals surface area contributed by atoms with Crippen LogP contribution in [0.2, 0.25) is 0 Å². The van der Waals surface area contributed by atoms with Crippen molar-refractivity contribution in [2.75, 3.05) is 27.7 Å². The van der Waals surface area contributed by atoms with Crippen LogP contribution >= 0.6 is 0 Å². The molecule has 0 aliphatic heterocycles. The summed E-state index contributed by atoms with van der Waals surface area (Å²) in [6.45, 7) is 3.49. The molecule has 0 amide bonds. The fourth-order valence-corrected chi connectivity index (χ4v) is 0.671. The van der Waals surface area contributed by atoms with E-state index in [0.29, 0.717) is 0 Å². The first-order chi connectivity index (χ1) is 3.06. The summed E-state index contributed by atoms with van der Waals surface area (Å²) in [6, 6.07) is 0. The molecular weight excluding hydrogens is 98.1 g/mol. The van der Waals surface area contributed by atoms with Crippen LogP contribution in [-0.2, 0) is 0 Å². The second-order valence-corrected chi connectivity index (χ2v) is 3.01. The molecule has 0 aromatic rings. The second-order valence-electron chi connectivity index (χ2n) is 3.01. The highest BCUT2D eigenvalue weighted by atomic mass is 15.3. The summed E-state index contributed by atoms with van der Waals surface area (Å²) >= 11 is 0. The average Bonchev–Trinajstić information content (AvgIpc) is 1.30. The Morgan fingerprint density at radius 2 is 1.50 bits per heavy atom. The Balaban J connectivity index is 0. The standard InChI is InChI=1S/C6H16N.CH3/c1-5-6-7(2,3)4;/h5-6H2,1-4H3;1H3/q+1;-1. The average molecular weight is 117 g/mol. The van der Waals surface area contributed by atoms with Crippen molar-refractivity contribution in [3.63, 3.8) is 0 Å². The van der Waals surface area contributed by atoms with Crippen molar-refractivity contribution in [3.05, 3.63) is 7.43 Å². The maximum absolute atomic E-state index is 2.21. The molecule has 0 aromatic carbocycles. The lowest BCUT2D eigenvalue weighted by Gasteiger charge is -2.22. The molecule has 1 heteroatoms. The van der Waals surface area contributed by atoms with Crippen LogP contribution in [0.25, 0.3) is 0 Å². The molecule has 0 unspecified atom stereocenters. The third kappa shape index (κ3) is 9.35. The van der Waals surface area contributed by atoms with Crippen LogP contribution in [0.15, 0.2) is 0 Å². The Morgan fingerprint density at radius 1 is 1.12 bits per heavy atom. The molecule has 0 heterocycles. The molecule has 0 bridgehead atoms. The summed E-state index contributed by atoms with van der Waals surface area (Å²) in [7, 11) is 6.64. The van der Waals surface area contributed by atoms with Crippen molar-refractivity contribution in [2.45, 2.75) is 13.3 Å². The zero-order valence-electron chi connectivity index (χ0n) is 6.86. The van der Waals surface area contributed by atoms with Crippen LogP contribution < -0.4 is 0 Å². The van der Waals surface area contributed by atoms with Gasteiger partial charge in [0.15, 0.2) is 0 Å². The molecule has 0 N–H and O–H groups in total. The van der Waals surface area contributed by atoms with Gasteiger partial charge in [-0.15, -0.1) is 0 Å². The van der Waals surface area contributed by atoms with Crippen LogP contribution in [0, 0.1) is 7.43 Å². The third-order valence-electron chi connectivity index (χ3n) is 0.894. The quantitative estimate of drug-likeness (QED) is 0.380. The molecule has 0 radical (unpaired) electrons. The molecule has 0 saturated heterocycles. The molecule has 1 nitrogen and oxygen atoms in total. The van der Waals surface area contributed by atoms with Crippen molar-refractivity contribution in [2.24, 2.45) is 0 Å². The Kier molecular flexibility index (Phi) is 5.29. The lowest BCUT2D eigenvalue weighted by Crippen LogP contribution is -2.34. The van der Waals surface area contributed by atoms with Crippen LogP contribution in [0.5, 0.6) is 0 Å². The molecule has 0 fully saturated rings. The predicted molar refractivity (Wildman–Crippen MR) is 39.6 cm³/mol. The highest BCUT2D eigenvalue weighted by Crippen LogP contribution is 1.90. The lowest BCUT2D eigenvalue weighted by molar-refractivity contribution is -0.870. The molecule has 8 heavy (non-hydrogen) atoms. The number of rotatable bonds is 2. The molecule has 0 aromatic heterocycles. The van der Waals surface area contributed by atoms with Gasteiger partial charge < -0.3 is 11.9 Å². The maximum atomic E-state index is 2.21. The van der Waals surface area contributed by atoms with E-state index >= 15 is 0 Å². The Hall–Kier alpha value is -0.0400. The Labute approximate surface area is 53.9 Å². The smallest absolute Gasteiger partial charge is 0.0777 e. The molecule has 52 valence electrons. The van der Waals surface area contributed by atoms with Crippen molar-refractivity contribution >= 4 is 0 Å². The number of hydrogen-bond donors (Lipinski definition) is 0. The summed E-state index contributed by atoms with van der Waals surface area (Å²) in [5.74, 6) is 0. The number of quaternary nitrogens is 1. The van der Waals surface area contributed by atoms with Gasteiger partial charge in [-0.05, 0) is 6.42 Å².